The maximum Gasteiger partial charge on any atom is 0.159 e. The highest BCUT2D eigenvalue weighted by Crippen LogP contribution is 2.38. The Balaban J connectivity index is 1.46. The van der Waals surface area contributed by atoms with Gasteiger partial charge in [-0.1, -0.05) is 55.7 Å². The Kier molecular flexibility index (Phi) is 7.76. The van der Waals surface area contributed by atoms with Crippen molar-refractivity contribution in [3.8, 4) is 11.1 Å². The third-order valence-corrected chi connectivity index (χ3v) is 6.05. The molecule has 0 atom stereocenters. The number of allylic oxidation sites excluding steroid dienone is 1. The fraction of sp³-hybridized carbons (Fsp3) is 0.440. The zero-order valence-electron chi connectivity index (χ0n) is 16.3. The molecule has 1 saturated carbocycles. The highest BCUT2D eigenvalue weighted by molar-refractivity contribution is 5.63. The molecule has 1 fully saturated rings. The van der Waals surface area contributed by atoms with E-state index in [9.17, 15) is 13.2 Å². The lowest BCUT2D eigenvalue weighted by atomic mass is 9.77. The summed E-state index contributed by atoms with van der Waals surface area (Å²) in [5.41, 5.74) is 2.97. The molecule has 0 bridgehead atoms. The van der Waals surface area contributed by atoms with Crippen LogP contribution in [0.15, 0.2) is 54.9 Å². The molecule has 0 spiro atoms. The lowest BCUT2D eigenvalue weighted by Gasteiger charge is -2.29. The van der Waals surface area contributed by atoms with Crippen LogP contribution in [0.1, 0.15) is 69.3 Å². The third-order valence-electron chi connectivity index (χ3n) is 6.05. The Bertz CT molecular complexity index is 756. The summed E-state index contributed by atoms with van der Waals surface area (Å²) in [6.45, 7) is 0. The molecular formula is C25H29F3. The van der Waals surface area contributed by atoms with Crippen molar-refractivity contribution < 1.29 is 13.2 Å². The molecule has 0 nitrogen and oxygen atoms in total. The molecule has 1 aliphatic rings. The molecule has 1 aliphatic carbocycles. The van der Waals surface area contributed by atoms with E-state index in [2.05, 4.69) is 12.1 Å². The molecule has 0 aliphatic heterocycles. The van der Waals surface area contributed by atoms with E-state index in [4.69, 9.17) is 0 Å². The first-order valence-corrected chi connectivity index (χ1v) is 10.5. The number of hydrogen-bond acceptors (Lipinski definition) is 0. The van der Waals surface area contributed by atoms with Crippen molar-refractivity contribution in [2.24, 2.45) is 5.92 Å². The second-order valence-corrected chi connectivity index (χ2v) is 7.97. The summed E-state index contributed by atoms with van der Waals surface area (Å²) in [4.78, 5) is 0. The monoisotopic (exact) mass is 386 g/mol. The summed E-state index contributed by atoms with van der Waals surface area (Å²) in [6.07, 6.45) is 12.9. The molecule has 3 heteroatoms. The molecule has 2 aromatic carbocycles. The van der Waals surface area contributed by atoms with Gasteiger partial charge < -0.3 is 0 Å². The zero-order chi connectivity index (χ0) is 19.8. The van der Waals surface area contributed by atoms with Gasteiger partial charge in [-0.15, -0.1) is 0 Å². The summed E-state index contributed by atoms with van der Waals surface area (Å²) in [5.74, 6) is -0.188. The Hall–Kier alpha value is -2.03. The van der Waals surface area contributed by atoms with Crippen molar-refractivity contribution in [2.75, 3.05) is 0 Å². The van der Waals surface area contributed by atoms with Crippen molar-refractivity contribution in [1.82, 2.24) is 0 Å². The van der Waals surface area contributed by atoms with Crippen LogP contribution in [0.5, 0.6) is 0 Å². The van der Waals surface area contributed by atoms with Crippen LogP contribution < -0.4 is 0 Å². The van der Waals surface area contributed by atoms with Gasteiger partial charge in [0.15, 0.2) is 11.6 Å². The molecule has 28 heavy (non-hydrogen) atoms. The van der Waals surface area contributed by atoms with Crippen LogP contribution in [0, 0.1) is 17.6 Å². The van der Waals surface area contributed by atoms with Gasteiger partial charge >= 0.3 is 0 Å². The van der Waals surface area contributed by atoms with Crippen LogP contribution in [0.25, 0.3) is 11.1 Å². The van der Waals surface area contributed by atoms with E-state index < -0.39 is 11.6 Å². The van der Waals surface area contributed by atoms with E-state index in [0.717, 1.165) is 24.3 Å². The minimum Gasteiger partial charge on any atom is -0.216 e. The molecule has 150 valence electrons. The van der Waals surface area contributed by atoms with Gasteiger partial charge in [-0.3, -0.25) is 0 Å². The normalized spacial score (nSPS) is 20.0. The fourth-order valence-electron chi connectivity index (χ4n) is 4.34. The van der Waals surface area contributed by atoms with Gasteiger partial charge in [0.2, 0.25) is 0 Å². The quantitative estimate of drug-likeness (QED) is 0.400. The van der Waals surface area contributed by atoms with Crippen molar-refractivity contribution >= 4 is 0 Å². The smallest absolute Gasteiger partial charge is 0.159 e. The standard InChI is InChI=1S/C25H29F3/c26-17-5-3-1-2-4-6-19-7-9-20(10-8-19)21-11-13-22(14-12-21)23-15-16-24(27)25(28)18-23/h5,11-20H,1-4,6-10H2/b17-5+. The summed E-state index contributed by atoms with van der Waals surface area (Å²) < 4.78 is 38.5. The molecule has 0 aromatic heterocycles. The number of hydrogen-bond donors (Lipinski definition) is 0. The van der Waals surface area contributed by atoms with E-state index in [1.807, 2.05) is 12.1 Å². The molecule has 0 unspecified atom stereocenters. The molecular weight excluding hydrogens is 357 g/mol. The van der Waals surface area contributed by atoms with Crippen LogP contribution in [0.2, 0.25) is 0 Å². The first-order chi connectivity index (χ1) is 13.7. The lowest BCUT2D eigenvalue weighted by Crippen LogP contribution is -2.13. The van der Waals surface area contributed by atoms with Gasteiger partial charge in [-0.25, -0.2) is 13.2 Å². The number of benzene rings is 2. The predicted octanol–water partition coefficient (Wildman–Crippen LogP) is 8.34. The second kappa shape index (κ2) is 10.5. The third kappa shape index (κ3) is 5.73. The van der Waals surface area contributed by atoms with Crippen LogP contribution in [-0.2, 0) is 0 Å². The van der Waals surface area contributed by atoms with E-state index in [1.54, 1.807) is 12.1 Å². The Morgan fingerprint density at radius 1 is 0.786 bits per heavy atom. The summed E-state index contributed by atoms with van der Waals surface area (Å²) in [7, 11) is 0. The summed E-state index contributed by atoms with van der Waals surface area (Å²) in [5, 5.41) is 0. The maximum atomic E-state index is 13.4. The topological polar surface area (TPSA) is 0 Å². The lowest BCUT2D eigenvalue weighted by molar-refractivity contribution is 0.302. The number of rotatable bonds is 8. The van der Waals surface area contributed by atoms with Crippen molar-refractivity contribution in [1.29, 1.82) is 0 Å². The van der Waals surface area contributed by atoms with Crippen LogP contribution in [0.4, 0.5) is 13.2 Å². The largest absolute Gasteiger partial charge is 0.216 e. The second-order valence-electron chi connectivity index (χ2n) is 7.97. The Labute approximate surface area is 166 Å². The minimum absolute atomic E-state index is 0.602. The number of unbranched alkanes of at least 4 members (excludes halogenated alkanes) is 3. The minimum atomic E-state index is -0.811. The number of halogens is 3. The first kappa shape index (κ1) is 20.7. The van der Waals surface area contributed by atoms with E-state index in [1.165, 1.54) is 62.6 Å². The molecule has 3 rings (SSSR count). The van der Waals surface area contributed by atoms with Crippen molar-refractivity contribution in [3.63, 3.8) is 0 Å². The summed E-state index contributed by atoms with van der Waals surface area (Å²) >= 11 is 0. The van der Waals surface area contributed by atoms with Crippen molar-refractivity contribution in [2.45, 2.75) is 63.7 Å². The Morgan fingerprint density at radius 2 is 1.50 bits per heavy atom. The van der Waals surface area contributed by atoms with Gasteiger partial charge in [-0.2, -0.15) is 0 Å². The van der Waals surface area contributed by atoms with Gasteiger partial charge in [0.05, 0.1) is 6.33 Å². The molecule has 0 radical (unpaired) electrons. The highest BCUT2D eigenvalue weighted by atomic mass is 19.2. The van der Waals surface area contributed by atoms with Gasteiger partial charge in [-0.05, 0) is 79.2 Å². The highest BCUT2D eigenvalue weighted by Gasteiger charge is 2.22. The Morgan fingerprint density at radius 3 is 2.18 bits per heavy atom. The van der Waals surface area contributed by atoms with Gasteiger partial charge in [0.1, 0.15) is 0 Å². The van der Waals surface area contributed by atoms with E-state index in [0.29, 0.717) is 17.8 Å². The molecule has 0 saturated heterocycles. The fourth-order valence-corrected chi connectivity index (χ4v) is 4.34. The van der Waals surface area contributed by atoms with Gasteiger partial charge in [0, 0.05) is 0 Å². The predicted molar refractivity (Wildman–Crippen MR) is 110 cm³/mol. The average Bonchev–Trinajstić information content (AvgIpc) is 2.73. The van der Waals surface area contributed by atoms with Crippen LogP contribution >= 0.6 is 0 Å². The zero-order valence-corrected chi connectivity index (χ0v) is 16.3. The van der Waals surface area contributed by atoms with E-state index >= 15 is 0 Å². The molecule has 0 heterocycles. The average molecular weight is 387 g/mol. The van der Waals surface area contributed by atoms with Crippen LogP contribution in [0.3, 0.4) is 0 Å². The summed E-state index contributed by atoms with van der Waals surface area (Å²) in [6, 6.07) is 12.4. The SMILES string of the molecule is F/C=C/CCCCCC1CCC(c2ccc(-c3ccc(F)c(F)c3)cc2)CC1. The molecule has 0 N–H and O–H groups in total. The van der Waals surface area contributed by atoms with Crippen LogP contribution in [-0.4, -0.2) is 0 Å². The maximum absolute atomic E-state index is 13.4. The first-order valence-electron chi connectivity index (χ1n) is 10.5. The van der Waals surface area contributed by atoms with Gasteiger partial charge in [0.25, 0.3) is 0 Å². The molecule has 2 aromatic rings. The van der Waals surface area contributed by atoms with Crippen molar-refractivity contribution in [3.05, 3.63) is 72.1 Å². The van der Waals surface area contributed by atoms with E-state index in [-0.39, 0.29) is 0 Å². The molecule has 0 amide bonds.